The molecule has 1 aliphatic carbocycles. The van der Waals surface area contributed by atoms with Gasteiger partial charge < -0.3 is 9.64 Å². The standard InChI is InChI=1S/C21H22ClFN2O3S.C6H5Cl.C3H6.C2H3F3/c22-16-7-5-15(6-8-16)20-13-28-14-21(26)24(20)11-12-25(29(27)17-9-10-17)19-4-2-1-3-18(19)23;7-6-4-2-1-3-5-6;1-3-2;1-2(3,4)5/h1-8,17,20H,9-14H2;1-5H;3H,1H2,2H3;1H3. The largest absolute Gasteiger partial charge is 0.386 e. The van der Waals surface area contributed by atoms with Gasteiger partial charge in [0.25, 0.3) is 0 Å². The Morgan fingerprint density at radius 3 is 2.02 bits per heavy atom. The average molecular weight is 676 g/mol. The van der Waals surface area contributed by atoms with E-state index < -0.39 is 23.0 Å². The smallest absolute Gasteiger partial charge is 0.369 e. The molecule has 0 spiro atoms. The summed E-state index contributed by atoms with van der Waals surface area (Å²) in [6.45, 7) is 6.42. The Hall–Kier alpha value is -2.92. The highest BCUT2D eigenvalue weighted by Gasteiger charge is 2.35. The minimum atomic E-state index is -4.00. The fraction of sp³-hybridized carbons (Fsp3) is 0.344. The molecule has 2 fully saturated rings. The maximum atomic E-state index is 14.4. The van der Waals surface area contributed by atoms with Gasteiger partial charge in [0.15, 0.2) is 0 Å². The first-order valence-corrected chi connectivity index (χ1v) is 15.7. The van der Waals surface area contributed by atoms with E-state index in [1.54, 1.807) is 45.6 Å². The van der Waals surface area contributed by atoms with Crippen LogP contribution in [0.2, 0.25) is 10.0 Å². The van der Waals surface area contributed by atoms with Gasteiger partial charge in [0.1, 0.15) is 23.4 Å². The monoisotopic (exact) mass is 674 g/mol. The Morgan fingerprint density at radius 1 is 1.00 bits per heavy atom. The molecule has 0 N–H and O–H groups in total. The quantitative estimate of drug-likeness (QED) is 0.186. The highest BCUT2D eigenvalue weighted by atomic mass is 35.5. The van der Waals surface area contributed by atoms with Gasteiger partial charge in [-0.05, 0) is 61.7 Å². The zero-order valence-electron chi connectivity index (χ0n) is 24.5. The van der Waals surface area contributed by atoms with Crippen molar-refractivity contribution in [1.29, 1.82) is 0 Å². The van der Waals surface area contributed by atoms with Gasteiger partial charge in [-0.25, -0.2) is 8.60 Å². The van der Waals surface area contributed by atoms with Crippen LogP contribution >= 0.6 is 23.2 Å². The molecule has 12 heteroatoms. The summed E-state index contributed by atoms with van der Waals surface area (Å²) >= 11 is 11.5. The van der Waals surface area contributed by atoms with Crippen molar-refractivity contribution in [1.82, 2.24) is 4.90 Å². The molecule has 1 aliphatic heterocycles. The van der Waals surface area contributed by atoms with Crippen molar-refractivity contribution in [3.63, 3.8) is 0 Å². The molecular formula is C32H36Cl2F4N2O3S. The molecule has 44 heavy (non-hydrogen) atoms. The molecule has 240 valence electrons. The SMILES string of the molecule is C=CC.CC(F)(F)F.Clc1ccccc1.O=C1COCC(c2ccc(Cl)cc2)N1CCN(c1ccccc1F)S(=O)C1CC1. The molecule has 2 aliphatic rings. The molecule has 5 rings (SSSR count). The molecular weight excluding hydrogens is 639 g/mol. The third-order valence-corrected chi connectivity index (χ3v) is 8.24. The lowest BCUT2D eigenvalue weighted by molar-refractivity contribution is -0.148. The van der Waals surface area contributed by atoms with Crippen LogP contribution in [-0.4, -0.2) is 52.7 Å². The van der Waals surface area contributed by atoms with Crippen molar-refractivity contribution in [2.75, 3.05) is 30.6 Å². The van der Waals surface area contributed by atoms with Crippen LogP contribution in [0.3, 0.4) is 0 Å². The molecule has 1 amide bonds. The van der Waals surface area contributed by atoms with Gasteiger partial charge >= 0.3 is 6.18 Å². The minimum Gasteiger partial charge on any atom is -0.369 e. The number of anilines is 1. The number of benzene rings is 3. The highest BCUT2D eigenvalue weighted by molar-refractivity contribution is 7.87. The Bertz CT molecular complexity index is 1320. The maximum absolute atomic E-state index is 14.4. The van der Waals surface area contributed by atoms with Gasteiger partial charge in [0.05, 0.1) is 23.6 Å². The number of carbonyl (C=O) groups is 1. The third kappa shape index (κ3) is 13.8. The van der Waals surface area contributed by atoms with Crippen molar-refractivity contribution in [3.8, 4) is 0 Å². The lowest BCUT2D eigenvalue weighted by Crippen LogP contribution is -2.48. The summed E-state index contributed by atoms with van der Waals surface area (Å²) in [5.41, 5.74) is 1.23. The Balaban J connectivity index is 0.000000371. The molecule has 2 unspecified atom stereocenters. The number of rotatable bonds is 7. The van der Waals surface area contributed by atoms with Gasteiger partial charge in [0.2, 0.25) is 5.91 Å². The van der Waals surface area contributed by atoms with E-state index in [1.165, 1.54) is 6.07 Å². The van der Waals surface area contributed by atoms with Crippen molar-refractivity contribution < 1.29 is 31.3 Å². The summed E-state index contributed by atoms with van der Waals surface area (Å²) < 4.78 is 65.5. The summed E-state index contributed by atoms with van der Waals surface area (Å²) in [5, 5.41) is 1.47. The number of alkyl halides is 3. The Labute approximate surface area is 269 Å². The predicted octanol–water partition coefficient (Wildman–Crippen LogP) is 8.81. The number of para-hydroxylation sites is 1. The van der Waals surface area contributed by atoms with Gasteiger partial charge in [0, 0.05) is 30.1 Å². The van der Waals surface area contributed by atoms with E-state index in [2.05, 4.69) is 6.58 Å². The summed E-state index contributed by atoms with van der Waals surface area (Å²) in [6.07, 6.45) is -0.497. The Morgan fingerprint density at radius 2 is 1.52 bits per heavy atom. The fourth-order valence-corrected chi connectivity index (χ4v) is 5.64. The Kier molecular flexibility index (Phi) is 15.9. The number of hydrogen-bond donors (Lipinski definition) is 0. The van der Waals surface area contributed by atoms with Gasteiger partial charge in [-0.15, -0.1) is 6.58 Å². The molecule has 2 atom stereocenters. The molecule has 0 radical (unpaired) electrons. The van der Waals surface area contributed by atoms with Crippen molar-refractivity contribution in [2.45, 2.75) is 44.2 Å². The van der Waals surface area contributed by atoms with E-state index in [1.807, 2.05) is 49.4 Å². The number of halogens is 6. The normalized spacial score (nSPS) is 16.6. The van der Waals surface area contributed by atoms with E-state index in [0.29, 0.717) is 23.9 Å². The fourth-order valence-electron chi connectivity index (χ4n) is 3.87. The summed E-state index contributed by atoms with van der Waals surface area (Å²) in [7, 11) is -1.33. The second-order valence-corrected chi connectivity index (χ2v) is 12.2. The molecule has 1 saturated heterocycles. The number of allylic oxidation sites excluding steroid dienone is 1. The molecule has 1 saturated carbocycles. The summed E-state index contributed by atoms with van der Waals surface area (Å²) in [4.78, 5) is 14.3. The second-order valence-electron chi connectivity index (χ2n) is 9.68. The molecule has 5 nitrogen and oxygen atoms in total. The molecule has 0 aromatic heterocycles. The highest BCUT2D eigenvalue weighted by Crippen LogP contribution is 2.32. The molecule has 1 heterocycles. The van der Waals surface area contributed by atoms with Gasteiger partial charge in [-0.3, -0.25) is 9.10 Å². The van der Waals surface area contributed by atoms with E-state index in [4.69, 9.17) is 27.9 Å². The number of nitrogens with zero attached hydrogens (tertiary/aromatic N) is 2. The lowest BCUT2D eigenvalue weighted by Gasteiger charge is -2.37. The van der Waals surface area contributed by atoms with E-state index in [0.717, 1.165) is 23.4 Å². The lowest BCUT2D eigenvalue weighted by atomic mass is 10.0. The van der Waals surface area contributed by atoms with Crippen molar-refractivity contribution >= 4 is 45.8 Å². The van der Waals surface area contributed by atoms with Crippen molar-refractivity contribution in [2.24, 2.45) is 0 Å². The van der Waals surface area contributed by atoms with Crippen LogP contribution in [-0.2, 0) is 20.5 Å². The van der Waals surface area contributed by atoms with Crippen LogP contribution < -0.4 is 4.31 Å². The zero-order chi connectivity index (χ0) is 32.7. The minimum absolute atomic E-state index is 0.00943. The first-order valence-electron chi connectivity index (χ1n) is 13.8. The van der Waals surface area contributed by atoms with E-state index in [9.17, 15) is 26.6 Å². The number of hydrogen-bond acceptors (Lipinski definition) is 3. The van der Waals surface area contributed by atoms with Crippen LogP contribution in [0.4, 0.5) is 23.2 Å². The zero-order valence-corrected chi connectivity index (χ0v) is 26.8. The van der Waals surface area contributed by atoms with Crippen LogP contribution in [0.5, 0.6) is 0 Å². The number of amides is 1. The van der Waals surface area contributed by atoms with Crippen LogP contribution in [0.15, 0.2) is 91.5 Å². The number of carbonyl (C=O) groups excluding carboxylic acids is 1. The second kappa shape index (κ2) is 18.8. The van der Waals surface area contributed by atoms with Crippen LogP contribution in [0.25, 0.3) is 0 Å². The summed E-state index contributed by atoms with van der Waals surface area (Å²) in [5.74, 6) is -0.550. The van der Waals surface area contributed by atoms with E-state index in [-0.39, 0.29) is 37.3 Å². The third-order valence-electron chi connectivity index (χ3n) is 5.88. The van der Waals surface area contributed by atoms with Crippen molar-refractivity contribution in [3.05, 3.63) is 113 Å². The summed E-state index contributed by atoms with van der Waals surface area (Å²) in [6, 6.07) is 22.8. The molecule has 0 bridgehead atoms. The van der Waals surface area contributed by atoms with Crippen LogP contribution in [0, 0.1) is 5.82 Å². The number of morpholine rings is 1. The first-order chi connectivity index (χ1) is 20.8. The molecule has 3 aromatic rings. The van der Waals surface area contributed by atoms with Gasteiger partial charge in [-0.1, -0.05) is 71.7 Å². The first kappa shape index (κ1) is 37.3. The average Bonchev–Trinajstić information content (AvgIpc) is 3.81. The number of ether oxygens (including phenoxy) is 1. The maximum Gasteiger partial charge on any atom is 0.386 e. The topological polar surface area (TPSA) is 49.9 Å². The van der Waals surface area contributed by atoms with Crippen LogP contribution in [0.1, 0.15) is 38.3 Å². The van der Waals surface area contributed by atoms with Gasteiger partial charge in [-0.2, -0.15) is 13.2 Å². The molecule has 3 aromatic carbocycles. The predicted molar refractivity (Wildman–Crippen MR) is 171 cm³/mol. The van der Waals surface area contributed by atoms with E-state index >= 15 is 0 Å².